The minimum atomic E-state index is -2.28. The molecule has 0 saturated heterocycles. The number of carbonyl (C=O) groups excluding carboxylic acids is 1. The van der Waals surface area contributed by atoms with Crippen LogP contribution in [0, 0.1) is 28.6 Å². The van der Waals surface area contributed by atoms with Crippen molar-refractivity contribution in [3.8, 4) is 0 Å². The Morgan fingerprint density at radius 2 is 1.63 bits per heavy atom. The van der Waals surface area contributed by atoms with Crippen molar-refractivity contribution in [2.45, 2.75) is 131 Å². The van der Waals surface area contributed by atoms with E-state index < -0.39 is 19.3 Å². The molecule has 4 nitrogen and oxygen atoms in total. The fraction of sp³-hybridized carbons (Fsp3) is 0.833. The molecule has 0 unspecified atom stereocenters. The van der Waals surface area contributed by atoms with Crippen LogP contribution in [0.4, 0.5) is 0 Å². The minimum Gasteiger partial charge on any atom is -0.488 e. The van der Waals surface area contributed by atoms with Crippen LogP contribution in [0.2, 0.25) is 18.1 Å². The normalized spacial score (nSPS) is 36.9. The molecule has 198 valence electrons. The standard InChI is InChI=1S/C30H50O4Si/c1-18(2)22-13-14-23-28(22,10)17-21-15-16-29(34-35(11,12)27(7,8)9)26(33-20(5)6)24(32-19(3)4)25(31)30(21,23)29/h14,18-22H,13,15-17H2,1-12H3/t21-,22+,28+,29+,30-/m1/s1. The molecule has 0 aromatic rings. The Labute approximate surface area is 215 Å². The molecule has 5 heteroatoms. The maximum atomic E-state index is 14.9. The number of ether oxygens (including phenoxy) is 2. The van der Waals surface area contributed by atoms with Gasteiger partial charge in [0.05, 0.1) is 17.6 Å². The molecule has 1 spiro atoms. The van der Waals surface area contributed by atoms with Crippen LogP contribution in [0.3, 0.4) is 0 Å². The minimum absolute atomic E-state index is 0.0150. The van der Waals surface area contributed by atoms with Gasteiger partial charge in [-0.3, -0.25) is 4.79 Å². The lowest BCUT2D eigenvalue weighted by Gasteiger charge is -2.50. The topological polar surface area (TPSA) is 44.8 Å². The van der Waals surface area contributed by atoms with Gasteiger partial charge in [-0.2, -0.15) is 0 Å². The predicted molar refractivity (Wildman–Crippen MR) is 144 cm³/mol. The van der Waals surface area contributed by atoms with E-state index in [0.717, 1.165) is 25.7 Å². The number of rotatable bonds is 7. The van der Waals surface area contributed by atoms with Gasteiger partial charge in [-0.15, -0.1) is 0 Å². The fourth-order valence-electron chi connectivity index (χ4n) is 7.89. The lowest BCUT2D eigenvalue weighted by atomic mass is 9.64. The quantitative estimate of drug-likeness (QED) is 0.263. The molecule has 0 aliphatic heterocycles. The predicted octanol–water partition coefficient (Wildman–Crippen LogP) is 7.80. The number of hydrogen-bond donors (Lipinski definition) is 0. The average molecular weight is 503 g/mol. The van der Waals surface area contributed by atoms with Crippen LogP contribution in [-0.4, -0.2) is 31.9 Å². The summed E-state index contributed by atoms with van der Waals surface area (Å²) in [6.45, 7) is 26.7. The van der Waals surface area contributed by atoms with Crippen molar-refractivity contribution in [2.24, 2.45) is 28.6 Å². The number of Topliss-reactive ketones (excluding diaryl/α,β-unsaturated/α-hetero) is 1. The molecule has 0 N–H and O–H groups in total. The van der Waals surface area contributed by atoms with Crippen LogP contribution in [0.25, 0.3) is 0 Å². The van der Waals surface area contributed by atoms with Gasteiger partial charge in [-0.05, 0) is 94.7 Å². The highest BCUT2D eigenvalue weighted by atomic mass is 28.4. The average Bonchev–Trinajstić information content (AvgIpc) is 3.30. The Morgan fingerprint density at radius 3 is 2.14 bits per heavy atom. The fourth-order valence-corrected chi connectivity index (χ4v) is 9.42. The van der Waals surface area contributed by atoms with Gasteiger partial charge in [0, 0.05) is 0 Å². The van der Waals surface area contributed by atoms with Crippen LogP contribution in [-0.2, 0) is 18.7 Å². The lowest BCUT2D eigenvalue weighted by molar-refractivity contribution is -0.133. The van der Waals surface area contributed by atoms with E-state index in [0.29, 0.717) is 23.4 Å². The zero-order valence-corrected chi connectivity index (χ0v) is 25.4. The van der Waals surface area contributed by atoms with Gasteiger partial charge in [-0.1, -0.05) is 53.2 Å². The van der Waals surface area contributed by atoms with Gasteiger partial charge in [0.1, 0.15) is 5.60 Å². The van der Waals surface area contributed by atoms with E-state index in [1.165, 1.54) is 5.57 Å². The SMILES string of the molecule is CC(C)OC1=C(OC(C)C)[C@@]2(O[Si](C)(C)C(C)(C)C)CC[C@@H]3C[C@]4(C)C(=CC[C@H]4C(C)C)[C@@]32C1=O. The van der Waals surface area contributed by atoms with Crippen LogP contribution in [0.1, 0.15) is 94.9 Å². The van der Waals surface area contributed by atoms with Crippen molar-refractivity contribution in [3.05, 3.63) is 23.2 Å². The Balaban J connectivity index is 1.99. The summed E-state index contributed by atoms with van der Waals surface area (Å²) in [5, 5.41) is 0.0150. The Kier molecular flexibility index (Phi) is 6.33. The summed E-state index contributed by atoms with van der Waals surface area (Å²) in [5.41, 5.74) is -0.119. The monoisotopic (exact) mass is 502 g/mol. The Morgan fingerprint density at radius 1 is 1.03 bits per heavy atom. The molecule has 0 heterocycles. The van der Waals surface area contributed by atoms with E-state index >= 15 is 0 Å². The number of allylic oxidation sites excluding steroid dienone is 2. The second-order valence-electron chi connectivity index (χ2n) is 14.4. The highest BCUT2D eigenvalue weighted by molar-refractivity contribution is 6.74. The Bertz CT molecular complexity index is 952. The van der Waals surface area contributed by atoms with E-state index in [-0.39, 0.29) is 34.4 Å². The third-order valence-electron chi connectivity index (χ3n) is 10.1. The molecule has 35 heavy (non-hydrogen) atoms. The zero-order valence-electron chi connectivity index (χ0n) is 24.4. The van der Waals surface area contributed by atoms with E-state index in [1.54, 1.807) is 0 Å². The number of fused-ring (bicyclic) bond motifs is 1. The van der Waals surface area contributed by atoms with Crippen molar-refractivity contribution in [2.75, 3.05) is 0 Å². The highest BCUT2D eigenvalue weighted by Gasteiger charge is 2.81. The van der Waals surface area contributed by atoms with Gasteiger partial charge in [0.25, 0.3) is 0 Å². The summed E-state index contributed by atoms with van der Waals surface area (Å²) in [5.74, 6) is 2.65. The molecule has 2 saturated carbocycles. The largest absolute Gasteiger partial charge is 0.488 e. The van der Waals surface area contributed by atoms with Gasteiger partial charge in [0.15, 0.2) is 14.1 Å². The molecule has 4 aliphatic rings. The molecule has 0 aromatic carbocycles. The molecule has 0 amide bonds. The summed E-state index contributed by atoms with van der Waals surface area (Å²) in [4.78, 5) is 14.9. The van der Waals surface area contributed by atoms with Crippen molar-refractivity contribution >= 4 is 14.1 Å². The molecule has 4 rings (SSSR count). The summed E-state index contributed by atoms with van der Waals surface area (Å²) in [6, 6.07) is 0. The van der Waals surface area contributed by atoms with Crippen LogP contribution < -0.4 is 0 Å². The third-order valence-corrected chi connectivity index (χ3v) is 14.6. The molecule has 5 atom stereocenters. The number of ketones is 1. The lowest BCUT2D eigenvalue weighted by Crippen LogP contribution is -2.58. The molecular weight excluding hydrogens is 452 g/mol. The Hall–Kier alpha value is -1.07. The molecule has 0 aromatic heterocycles. The van der Waals surface area contributed by atoms with E-state index in [4.69, 9.17) is 13.9 Å². The molecular formula is C30H50O4Si. The highest BCUT2D eigenvalue weighted by Crippen LogP contribution is 2.78. The van der Waals surface area contributed by atoms with E-state index in [2.05, 4.69) is 60.7 Å². The molecule has 0 bridgehead atoms. The smallest absolute Gasteiger partial charge is 0.214 e. The van der Waals surface area contributed by atoms with Crippen LogP contribution >= 0.6 is 0 Å². The molecule has 2 fully saturated rings. The first kappa shape index (κ1) is 27.0. The van der Waals surface area contributed by atoms with E-state index in [9.17, 15) is 4.79 Å². The van der Waals surface area contributed by atoms with Gasteiger partial charge in [0.2, 0.25) is 11.5 Å². The van der Waals surface area contributed by atoms with Crippen LogP contribution in [0.5, 0.6) is 0 Å². The van der Waals surface area contributed by atoms with Gasteiger partial charge in [-0.25, -0.2) is 0 Å². The number of carbonyl (C=O) groups is 1. The third kappa shape index (κ3) is 3.49. The first-order valence-electron chi connectivity index (χ1n) is 14.0. The van der Waals surface area contributed by atoms with Gasteiger partial charge >= 0.3 is 0 Å². The van der Waals surface area contributed by atoms with Crippen molar-refractivity contribution in [1.29, 1.82) is 0 Å². The van der Waals surface area contributed by atoms with Crippen molar-refractivity contribution in [3.63, 3.8) is 0 Å². The van der Waals surface area contributed by atoms with Gasteiger partial charge < -0.3 is 13.9 Å². The van der Waals surface area contributed by atoms with E-state index in [1.807, 2.05) is 27.7 Å². The first-order chi connectivity index (χ1) is 16.0. The van der Waals surface area contributed by atoms with Crippen molar-refractivity contribution < 1.29 is 18.7 Å². The molecule has 0 radical (unpaired) electrons. The zero-order chi connectivity index (χ0) is 26.4. The summed E-state index contributed by atoms with van der Waals surface area (Å²) >= 11 is 0. The number of hydrogen-bond acceptors (Lipinski definition) is 4. The summed E-state index contributed by atoms with van der Waals surface area (Å²) < 4.78 is 20.5. The molecule has 4 aliphatic carbocycles. The summed E-state index contributed by atoms with van der Waals surface area (Å²) in [6.07, 6.45) is 6.18. The summed E-state index contributed by atoms with van der Waals surface area (Å²) in [7, 11) is -2.28. The second kappa shape index (κ2) is 8.21. The second-order valence-corrected chi connectivity index (χ2v) is 19.1. The maximum absolute atomic E-state index is 14.9. The van der Waals surface area contributed by atoms with Crippen molar-refractivity contribution in [1.82, 2.24) is 0 Å². The van der Waals surface area contributed by atoms with Crippen LogP contribution in [0.15, 0.2) is 23.2 Å². The first-order valence-corrected chi connectivity index (χ1v) is 16.9. The maximum Gasteiger partial charge on any atom is 0.214 e.